The van der Waals surface area contributed by atoms with Crippen LogP contribution in [0, 0.1) is 23.0 Å². The smallest absolute Gasteiger partial charge is 0.417 e. The molecular weight excluding hydrogens is 777 g/mol. The van der Waals surface area contributed by atoms with Crippen LogP contribution in [-0.4, -0.2) is 94.5 Å². The number of nitrogens with zero attached hydrogens (tertiary/aromatic N) is 6. The van der Waals surface area contributed by atoms with Crippen LogP contribution in [-0.2, 0) is 15.7 Å². The van der Waals surface area contributed by atoms with Gasteiger partial charge in [0.2, 0.25) is 5.91 Å². The van der Waals surface area contributed by atoms with Gasteiger partial charge in [-0.2, -0.15) is 28.4 Å². The largest absolute Gasteiger partial charge is 0.461 e. The van der Waals surface area contributed by atoms with Gasteiger partial charge in [-0.25, -0.2) is 18.0 Å². The van der Waals surface area contributed by atoms with Crippen LogP contribution in [0.4, 0.5) is 42.0 Å². The van der Waals surface area contributed by atoms with E-state index in [4.69, 9.17) is 9.47 Å². The number of fused-ring (bicyclic) bond motifs is 3. The van der Waals surface area contributed by atoms with E-state index in [2.05, 4.69) is 15.3 Å². The normalized spacial score (nSPS) is 21.4. The molecule has 3 saturated heterocycles. The lowest BCUT2D eigenvalue weighted by Crippen LogP contribution is -2.43. The number of rotatable bonds is 9. The van der Waals surface area contributed by atoms with Crippen LogP contribution in [0.5, 0.6) is 6.01 Å². The number of carbonyl (C=O) groups is 2. The van der Waals surface area contributed by atoms with Crippen molar-refractivity contribution in [1.29, 1.82) is 5.26 Å². The molecule has 11 nitrogen and oxygen atoms in total. The van der Waals surface area contributed by atoms with Gasteiger partial charge in [-0.15, -0.1) is 11.3 Å². The molecule has 0 unspecified atom stereocenters. The van der Waals surface area contributed by atoms with Gasteiger partial charge in [0.25, 0.3) is 0 Å². The summed E-state index contributed by atoms with van der Waals surface area (Å²) < 4.78 is 105. The van der Waals surface area contributed by atoms with Crippen molar-refractivity contribution < 1.29 is 45.4 Å². The van der Waals surface area contributed by atoms with Crippen molar-refractivity contribution in [2.45, 2.75) is 89.8 Å². The Morgan fingerprint density at radius 2 is 1.93 bits per heavy atom. The van der Waals surface area contributed by atoms with Crippen LogP contribution >= 0.6 is 11.3 Å². The summed E-state index contributed by atoms with van der Waals surface area (Å²) in [7, 11) is 0. The highest BCUT2D eigenvalue weighted by atomic mass is 32.1. The number of hydrogen-bond acceptors (Lipinski definition) is 10. The number of benzene rings is 2. The lowest BCUT2D eigenvalue weighted by atomic mass is 9.92. The molecule has 3 fully saturated rings. The Morgan fingerprint density at radius 1 is 1.18 bits per heavy atom. The van der Waals surface area contributed by atoms with Gasteiger partial charge in [-0.05, 0) is 71.7 Å². The first-order chi connectivity index (χ1) is 26.9. The second-order valence-corrected chi connectivity index (χ2v) is 16.6. The minimum Gasteiger partial charge on any atom is -0.461 e. The molecule has 0 bridgehead atoms. The summed E-state index contributed by atoms with van der Waals surface area (Å²) in [6.45, 7) is 9.97. The predicted octanol–water partition coefficient (Wildman–Crippen LogP) is 8.43. The van der Waals surface area contributed by atoms with Crippen LogP contribution in [0.25, 0.3) is 32.1 Å². The minimum atomic E-state index is -5.20. The zero-order valence-corrected chi connectivity index (χ0v) is 32.8. The Bertz CT molecular complexity index is 2310. The van der Waals surface area contributed by atoms with E-state index < -0.39 is 75.0 Å². The zero-order valence-electron chi connectivity index (χ0n) is 32.0. The number of alkyl halides is 4. The first kappa shape index (κ1) is 40.3. The molecule has 0 saturated carbocycles. The molecule has 18 heteroatoms. The Hall–Kier alpha value is -4.89. The third kappa shape index (κ3) is 7.39. The number of anilines is 2. The van der Waals surface area contributed by atoms with E-state index in [1.807, 2.05) is 11.0 Å². The van der Waals surface area contributed by atoms with Crippen LogP contribution in [0.2, 0.25) is 0 Å². The van der Waals surface area contributed by atoms with Gasteiger partial charge in [-0.3, -0.25) is 15.0 Å². The number of nitriles is 1. The van der Waals surface area contributed by atoms with Crippen LogP contribution in [0.15, 0.2) is 18.2 Å². The molecule has 1 N–H and O–H groups in total. The number of amides is 2. The Labute approximate surface area is 328 Å². The first-order valence-electron chi connectivity index (χ1n) is 18.7. The molecule has 0 spiro atoms. The summed E-state index contributed by atoms with van der Waals surface area (Å²) in [6.07, 6.45) is -5.60. The monoisotopic (exact) mass is 817 g/mol. The molecule has 7 rings (SSSR count). The van der Waals surface area contributed by atoms with Crippen molar-refractivity contribution in [3.63, 3.8) is 0 Å². The maximum atomic E-state index is 17.5. The summed E-state index contributed by atoms with van der Waals surface area (Å²) in [5.74, 6) is -2.62. The highest BCUT2D eigenvalue weighted by molar-refractivity contribution is 7.23. The molecule has 3 aliphatic rings. The standard InChI is InChI=1S/C39H41F6N7O4S/c1-6-50-18-21(13-27(50)53)52(7-2)33-23-14-25(39(43,44)45)29(30(42)31(23)47-35(48-33)55-19-38-11-8-12-51(38)17-20(40)15-38)22-9-10-26(41)32-28(22)24(16-46)34(57-32)49-36(54)56-37(3,4)5/h9-10,14,20-21H,6-8,11-13,15,17-19H2,1-5H3,(H,49,54)/t20-,21+,38+/m1/s1. The van der Waals surface area contributed by atoms with Crippen LogP contribution in [0.1, 0.15) is 71.4 Å². The molecule has 0 radical (unpaired) electrons. The summed E-state index contributed by atoms with van der Waals surface area (Å²) >= 11 is 0.587. The van der Waals surface area contributed by atoms with Crippen molar-refractivity contribution in [2.24, 2.45) is 0 Å². The molecule has 0 aliphatic carbocycles. The van der Waals surface area contributed by atoms with Gasteiger partial charge in [0.1, 0.15) is 46.6 Å². The highest BCUT2D eigenvalue weighted by Gasteiger charge is 2.49. The van der Waals surface area contributed by atoms with Gasteiger partial charge < -0.3 is 19.3 Å². The average molecular weight is 818 g/mol. The van der Waals surface area contributed by atoms with Crippen LogP contribution < -0.4 is 15.0 Å². The third-order valence-electron chi connectivity index (χ3n) is 10.8. The van der Waals surface area contributed by atoms with E-state index >= 15 is 22.0 Å². The number of likely N-dealkylation sites (tertiary alicyclic amines) is 1. The highest BCUT2D eigenvalue weighted by Crippen LogP contribution is 2.49. The van der Waals surface area contributed by atoms with Crippen molar-refractivity contribution >= 4 is 55.1 Å². The van der Waals surface area contributed by atoms with Gasteiger partial charge in [0.05, 0.1) is 27.4 Å². The first-order valence-corrected chi connectivity index (χ1v) is 19.5. The zero-order chi connectivity index (χ0) is 41.2. The fourth-order valence-corrected chi connectivity index (χ4v) is 9.49. The van der Waals surface area contributed by atoms with E-state index in [1.54, 1.807) is 44.4 Å². The van der Waals surface area contributed by atoms with E-state index in [0.29, 0.717) is 30.8 Å². The van der Waals surface area contributed by atoms with E-state index in [9.17, 15) is 19.2 Å². The topological polar surface area (TPSA) is 124 Å². The van der Waals surface area contributed by atoms with Gasteiger partial charge in [-0.1, -0.05) is 6.07 Å². The minimum absolute atomic E-state index is 0.0361. The Kier molecular flexibility index (Phi) is 10.5. The molecule has 2 amide bonds. The van der Waals surface area contributed by atoms with E-state index in [0.717, 1.165) is 24.6 Å². The molecular formula is C39H41F6N7O4S. The molecule has 3 atom stereocenters. The number of thiophene rings is 1. The molecule has 3 aliphatic heterocycles. The van der Waals surface area contributed by atoms with Gasteiger partial charge in [0.15, 0.2) is 5.82 Å². The predicted molar refractivity (Wildman–Crippen MR) is 202 cm³/mol. The summed E-state index contributed by atoms with van der Waals surface area (Å²) in [6, 6.07) is 3.48. The number of ether oxygens (including phenoxy) is 2. The molecule has 2 aromatic carbocycles. The van der Waals surface area contributed by atoms with Crippen molar-refractivity contribution in [2.75, 3.05) is 49.5 Å². The fourth-order valence-electron chi connectivity index (χ4n) is 8.43. The Morgan fingerprint density at radius 3 is 2.58 bits per heavy atom. The number of halogens is 6. The van der Waals surface area contributed by atoms with E-state index in [-0.39, 0.29) is 77.3 Å². The number of nitrogens with one attached hydrogen (secondary N) is 1. The second kappa shape index (κ2) is 14.8. The SMILES string of the molecule is CCN1C[C@@H](N(CC)c2nc(OC[C@@]34CCCN3C[C@H](F)C4)nc3c(F)c(-c4ccc(F)c5sc(NC(=O)OC(C)(C)C)c(C#N)c45)c(C(F)(F)F)cc23)CC1=O. The fraction of sp³-hybridized carbons (Fsp3) is 0.513. The number of likely N-dealkylation sites (N-methyl/N-ethyl adjacent to an activating group) is 2. The molecule has 2 aromatic heterocycles. The van der Waals surface area contributed by atoms with Crippen molar-refractivity contribution in [1.82, 2.24) is 19.8 Å². The number of aromatic nitrogens is 2. The number of hydrogen-bond donors (Lipinski definition) is 1. The lowest BCUT2D eigenvalue weighted by molar-refractivity contribution is -0.137. The summed E-state index contributed by atoms with van der Waals surface area (Å²) in [5, 5.41) is 11.8. The summed E-state index contributed by atoms with van der Waals surface area (Å²) in [4.78, 5) is 39.7. The van der Waals surface area contributed by atoms with Gasteiger partial charge in [0, 0.05) is 55.4 Å². The second-order valence-electron chi connectivity index (χ2n) is 15.6. The molecule has 304 valence electrons. The van der Waals surface area contributed by atoms with Crippen molar-refractivity contribution in [3.05, 3.63) is 41.0 Å². The maximum Gasteiger partial charge on any atom is 0.417 e. The maximum absolute atomic E-state index is 17.5. The molecule has 5 heterocycles. The molecule has 57 heavy (non-hydrogen) atoms. The quantitative estimate of drug-likeness (QED) is 0.166. The summed E-state index contributed by atoms with van der Waals surface area (Å²) in [5.41, 5.74) is -5.51. The van der Waals surface area contributed by atoms with Crippen molar-refractivity contribution in [3.8, 4) is 23.2 Å². The average Bonchev–Trinajstić information content (AvgIpc) is 3.87. The molecule has 4 aromatic rings. The van der Waals surface area contributed by atoms with Gasteiger partial charge >= 0.3 is 18.3 Å². The Balaban J connectivity index is 1.45. The lowest BCUT2D eigenvalue weighted by Gasteiger charge is -2.32. The van der Waals surface area contributed by atoms with Crippen LogP contribution in [0.3, 0.4) is 0 Å². The third-order valence-corrected chi connectivity index (χ3v) is 12.0. The number of carbonyl (C=O) groups excluding carboxylic acids is 2. The van der Waals surface area contributed by atoms with E-state index in [1.165, 1.54) is 0 Å².